The lowest BCUT2D eigenvalue weighted by atomic mass is 9.80. The average molecular weight is 781 g/mol. The quantitative estimate of drug-likeness (QED) is 0.110. The first-order chi connectivity index (χ1) is 24.6. The van der Waals surface area contributed by atoms with E-state index in [9.17, 15) is 37.8 Å². The van der Waals surface area contributed by atoms with Crippen LogP contribution in [-0.4, -0.2) is 90.6 Å². The van der Waals surface area contributed by atoms with Gasteiger partial charge in [-0.05, 0) is 63.9 Å². The number of rotatable bonds is 14. The van der Waals surface area contributed by atoms with Gasteiger partial charge in [0.1, 0.15) is 6.33 Å². The Morgan fingerprint density at radius 3 is 2.36 bits per heavy atom. The van der Waals surface area contributed by atoms with Crippen LogP contribution in [0.15, 0.2) is 43.0 Å². The van der Waals surface area contributed by atoms with Gasteiger partial charge in [0.2, 0.25) is 0 Å². The number of anilines is 1. The first-order valence-electron chi connectivity index (χ1n) is 17.2. The summed E-state index contributed by atoms with van der Waals surface area (Å²) < 4.78 is 57.1. The van der Waals surface area contributed by atoms with E-state index in [1.54, 1.807) is 55.7 Å². The fourth-order valence-electron chi connectivity index (χ4n) is 6.50. The molecule has 0 saturated carbocycles. The van der Waals surface area contributed by atoms with Crippen LogP contribution in [0.3, 0.4) is 0 Å². The molecule has 14 nitrogen and oxygen atoms in total. The van der Waals surface area contributed by atoms with Crippen LogP contribution in [0.5, 0.6) is 0 Å². The van der Waals surface area contributed by atoms with Gasteiger partial charge in [0.25, 0.3) is 14.4 Å². The summed E-state index contributed by atoms with van der Waals surface area (Å²) >= 11 is 0. The molecule has 290 valence electrons. The van der Waals surface area contributed by atoms with Crippen molar-refractivity contribution in [3.63, 3.8) is 0 Å². The number of halogens is 3. The molecule has 1 unspecified atom stereocenters. The summed E-state index contributed by atoms with van der Waals surface area (Å²) in [4.78, 5) is 59.6. The summed E-state index contributed by atoms with van der Waals surface area (Å²) in [5.41, 5.74) is -0.247. The molecule has 1 aromatic carbocycles. The van der Waals surface area contributed by atoms with Crippen LogP contribution in [0, 0.1) is 17.2 Å². The molecule has 2 amide bonds. The average Bonchev–Trinajstić information content (AvgIpc) is 3.63. The minimum Gasteiger partial charge on any atom is -0.409 e. The number of nitrogens with zero attached hydrogens (tertiary/aromatic N) is 6. The van der Waals surface area contributed by atoms with Gasteiger partial charge < -0.3 is 29.6 Å². The van der Waals surface area contributed by atoms with E-state index in [1.807, 2.05) is 39.2 Å². The number of amides is 2. The number of ether oxygens (including phenoxy) is 1. The van der Waals surface area contributed by atoms with E-state index in [1.165, 1.54) is 17.3 Å². The second-order valence-electron chi connectivity index (χ2n) is 15.2. The standard InChI is InChI=1S/C34H48F3N8O6PSi/c1-21(2)45(52(48)49)33(6,15-12-16-38)17-23-24(18-39-31(47)34(35,36)37)50-30(26(23)51-53(7,8)32(3,4)5)44-20-42-25-27(40-19-41-28(25)44)43-29(46)22-13-10-9-11-14-22/h9-11,13-14,19-21,23-24,26,30,48-49H,12,15,17-18H2,1-8H3,(H,39,47)(H,40,41,43,46)/t23-,24+,26-,30-,33?/m1/s1. The summed E-state index contributed by atoms with van der Waals surface area (Å²) in [6.07, 6.45) is -5.22. The van der Waals surface area contributed by atoms with Crippen molar-refractivity contribution in [2.75, 3.05) is 11.9 Å². The van der Waals surface area contributed by atoms with Crippen molar-refractivity contribution >= 4 is 45.6 Å². The van der Waals surface area contributed by atoms with Crippen LogP contribution in [0.25, 0.3) is 11.2 Å². The highest BCUT2D eigenvalue weighted by molar-refractivity contribution is 7.42. The number of alkyl halides is 3. The van der Waals surface area contributed by atoms with Crippen molar-refractivity contribution in [3.8, 4) is 6.07 Å². The lowest BCUT2D eigenvalue weighted by Gasteiger charge is -2.47. The summed E-state index contributed by atoms with van der Waals surface area (Å²) in [7, 11) is -5.38. The first kappa shape index (κ1) is 42.2. The second kappa shape index (κ2) is 16.4. The second-order valence-corrected chi connectivity index (χ2v) is 20.9. The van der Waals surface area contributed by atoms with Crippen molar-refractivity contribution in [1.29, 1.82) is 5.26 Å². The van der Waals surface area contributed by atoms with Crippen molar-refractivity contribution in [3.05, 3.63) is 48.5 Å². The van der Waals surface area contributed by atoms with Crippen molar-refractivity contribution in [2.24, 2.45) is 5.92 Å². The molecule has 5 atom stereocenters. The monoisotopic (exact) mass is 780 g/mol. The van der Waals surface area contributed by atoms with Gasteiger partial charge in [-0.1, -0.05) is 39.0 Å². The van der Waals surface area contributed by atoms with Crippen LogP contribution in [0.4, 0.5) is 19.0 Å². The lowest BCUT2D eigenvalue weighted by Crippen LogP contribution is -2.53. The molecular formula is C34H48F3N8O6PSi. The van der Waals surface area contributed by atoms with Gasteiger partial charge in [-0.15, -0.1) is 0 Å². The van der Waals surface area contributed by atoms with Crippen LogP contribution in [-0.2, 0) is 14.0 Å². The maximum Gasteiger partial charge on any atom is 0.471 e. The maximum absolute atomic E-state index is 13.4. The minimum atomic E-state index is -5.15. The van der Waals surface area contributed by atoms with E-state index in [-0.39, 0.29) is 41.3 Å². The molecule has 3 aromatic rings. The van der Waals surface area contributed by atoms with E-state index >= 15 is 0 Å². The zero-order chi connectivity index (χ0) is 39.5. The number of nitrogens with one attached hydrogen (secondary N) is 2. The highest BCUT2D eigenvalue weighted by Gasteiger charge is 2.54. The van der Waals surface area contributed by atoms with E-state index < -0.39 is 77.3 Å². The van der Waals surface area contributed by atoms with Crippen LogP contribution in [0.1, 0.15) is 77.4 Å². The van der Waals surface area contributed by atoms with E-state index in [0.717, 1.165) is 0 Å². The van der Waals surface area contributed by atoms with E-state index in [0.29, 0.717) is 5.56 Å². The SMILES string of the molecule is CC(C)N(P(O)O)C(C)(CCC#N)C[C@H]1[C@@H](O[Si](C)(C)C(C)(C)C)[C@H](n2cnc3c(NC(=O)c4ccccc4)ncnc32)O[C@H]1CNC(=O)C(F)(F)F. The first-order valence-corrected chi connectivity index (χ1v) is 21.3. The smallest absolute Gasteiger partial charge is 0.409 e. The molecule has 0 spiro atoms. The number of benzene rings is 1. The Morgan fingerprint density at radius 2 is 1.79 bits per heavy atom. The van der Waals surface area contributed by atoms with Gasteiger partial charge in [-0.2, -0.15) is 18.4 Å². The zero-order valence-electron chi connectivity index (χ0n) is 31.0. The van der Waals surface area contributed by atoms with Crippen molar-refractivity contribution in [2.45, 2.75) is 115 Å². The Bertz CT molecular complexity index is 1780. The fourth-order valence-corrected chi connectivity index (χ4v) is 8.85. The molecule has 1 fully saturated rings. The molecule has 53 heavy (non-hydrogen) atoms. The number of carbonyl (C=O) groups excluding carboxylic acids is 2. The molecule has 4 rings (SSSR count). The molecule has 0 bridgehead atoms. The normalized spacial score (nSPS) is 20.9. The summed E-state index contributed by atoms with van der Waals surface area (Å²) in [6.45, 7) is 14.9. The van der Waals surface area contributed by atoms with Gasteiger partial charge in [-0.3, -0.25) is 14.2 Å². The third-order valence-electron chi connectivity index (χ3n) is 10.0. The van der Waals surface area contributed by atoms with Crippen LogP contribution >= 0.6 is 8.53 Å². The number of nitriles is 1. The molecule has 2 aromatic heterocycles. The molecule has 19 heteroatoms. The highest BCUT2D eigenvalue weighted by Crippen LogP contribution is 2.51. The zero-order valence-corrected chi connectivity index (χ0v) is 32.9. The van der Waals surface area contributed by atoms with Gasteiger partial charge in [0.05, 0.1) is 24.6 Å². The Labute approximate surface area is 309 Å². The van der Waals surface area contributed by atoms with Crippen molar-refractivity contribution in [1.82, 2.24) is 29.5 Å². The topological polar surface area (TPSA) is 188 Å². The molecule has 1 aliphatic heterocycles. The molecule has 4 N–H and O–H groups in total. The van der Waals surface area contributed by atoms with Gasteiger partial charge in [-0.25, -0.2) is 19.6 Å². The number of fused-ring (bicyclic) bond motifs is 1. The predicted molar refractivity (Wildman–Crippen MR) is 194 cm³/mol. The summed E-state index contributed by atoms with van der Waals surface area (Å²) in [5.74, 6) is -3.23. The summed E-state index contributed by atoms with van der Waals surface area (Å²) in [5, 5.41) is 14.0. The molecule has 0 radical (unpaired) electrons. The van der Waals surface area contributed by atoms with Gasteiger partial charge >= 0.3 is 12.1 Å². The Morgan fingerprint density at radius 1 is 1.13 bits per heavy atom. The molecule has 1 saturated heterocycles. The lowest BCUT2D eigenvalue weighted by molar-refractivity contribution is -0.174. The molecule has 3 heterocycles. The maximum atomic E-state index is 13.4. The van der Waals surface area contributed by atoms with E-state index in [4.69, 9.17) is 9.16 Å². The van der Waals surface area contributed by atoms with Gasteiger partial charge in [0.15, 0.2) is 31.5 Å². The number of carbonyl (C=O) groups is 2. The third-order valence-corrected chi connectivity index (χ3v) is 15.8. The summed E-state index contributed by atoms with van der Waals surface area (Å²) in [6, 6.07) is 10.2. The largest absolute Gasteiger partial charge is 0.471 e. The van der Waals surface area contributed by atoms with Gasteiger partial charge in [0, 0.05) is 36.0 Å². The molecule has 0 aliphatic carbocycles. The Kier molecular flexibility index (Phi) is 13.1. The van der Waals surface area contributed by atoms with Crippen LogP contribution in [0.2, 0.25) is 18.1 Å². The number of aromatic nitrogens is 4. The Hall–Kier alpha value is -3.56. The number of hydrogen-bond acceptors (Lipinski definition) is 11. The highest BCUT2D eigenvalue weighted by atomic mass is 31.2. The number of imidazole rings is 1. The predicted octanol–water partition coefficient (Wildman–Crippen LogP) is 6.04. The minimum absolute atomic E-state index is 0.0453. The number of hydrogen-bond donors (Lipinski definition) is 4. The Balaban J connectivity index is 1.87. The molecule has 1 aliphatic rings. The fraction of sp³-hybridized carbons (Fsp3) is 0.588. The van der Waals surface area contributed by atoms with Crippen LogP contribution < -0.4 is 10.6 Å². The van der Waals surface area contributed by atoms with Crippen molar-refractivity contribution < 1.29 is 41.7 Å². The van der Waals surface area contributed by atoms with E-state index in [2.05, 4.69) is 26.3 Å². The third kappa shape index (κ3) is 9.58. The molecular weight excluding hydrogens is 732 g/mol.